The highest BCUT2D eigenvalue weighted by Crippen LogP contribution is 2.31. The highest BCUT2D eigenvalue weighted by Gasteiger charge is 2.29. The molecule has 4 nitrogen and oxygen atoms in total. The van der Waals surface area contributed by atoms with Gasteiger partial charge in [-0.15, -0.1) is 0 Å². The fraction of sp³-hybridized carbons (Fsp3) is 0.353. The summed E-state index contributed by atoms with van der Waals surface area (Å²) in [6, 6.07) is 7.36. The Balaban J connectivity index is 1.66. The number of likely N-dealkylation sites (tertiary alicyclic amines) is 1. The maximum atomic E-state index is 13.6. The Bertz CT molecular complexity index is 714. The fourth-order valence-corrected chi connectivity index (χ4v) is 3.14. The molecule has 1 saturated heterocycles. The third-order valence-corrected chi connectivity index (χ3v) is 4.24. The van der Waals surface area contributed by atoms with Crippen LogP contribution in [0, 0.1) is 11.6 Å². The average Bonchev–Trinajstić information content (AvgIpc) is 3.10. The molecule has 1 aromatic carbocycles. The first-order chi connectivity index (χ1) is 11.0. The molecule has 1 atom stereocenters. The van der Waals surface area contributed by atoms with Crippen LogP contribution in [0.1, 0.15) is 24.6 Å². The summed E-state index contributed by atoms with van der Waals surface area (Å²) in [6.07, 6.45) is 4.00. The van der Waals surface area contributed by atoms with Gasteiger partial charge in [-0.25, -0.2) is 8.78 Å². The second kappa shape index (κ2) is 6.50. The van der Waals surface area contributed by atoms with Gasteiger partial charge >= 0.3 is 0 Å². The number of nitrogens with one attached hydrogen (secondary N) is 1. The summed E-state index contributed by atoms with van der Waals surface area (Å²) in [6.45, 7) is 1.02. The van der Waals surface area contributed by atoms with Crippen LogP contribution in [0.3, 0.4) is 0 Å². The number of aromatic nitrogens is 1. The zero-order valence-corrected chi connectivity index (χ0v) is 12.9. The molecule has 0 radical (unpaired) electrons. The molecule has 0 saturated carbocycles. The minimum atomic E-state index is -0.765. The van der Waals surface area contributed by atoms with Gasteiger partial charge in [0.15, 0.2) is 0 Å². The highest BCUT2D eigenvalue weighted by molar-refractivity contribution is 5.92. The largest absolute Gasteiger partial charge is 0.353 e. The molecular weight excluding hydrogens is 300 g/mol. The Hall–Kier alpha value is -2.21. The Morgan fingerprint density at radius 1 is 1.35 bits per heavy atom. The number of hydrogen-bond acceptors (Lipinski definition) is 2. The summed E-state index contributed by atoms with van der Waals surface area (Å²) in [5.41, 5.74) is 1.18. The van der Waals surface area contributed by atoms with E-state index in [0.717, 1.165) is 31.5 Å². The number of aryl methyl sites for hydroxylation is 1. The van der Waals surface area contributed by atoms with Gasteiger partial charge in [0.2, 0.25) is 5.91 Å². The van der Waals surface area contributed by atoms with Gasteiger partial charge in [-0.1, -0.05) is 0 Å². The Morgan fingerprint density at radius 2 is 2.17 bits per heavy atom. The summed E-state index contributed by atoms with van der Waals surface area (Å²) in [5.74, 6) is -1.72. The molecule has 1 aliphatic rings. The molecule has 0 spiro atoms. The Morgan fingerprint density at radius 3 is 2.87 bits per heavy atom. The third kappa shape index (κ3) is 3.42. The molecule has 1 amide bonds. The lowest BCUT2D eigenvalue weighted by Gasteiger charge is -2.24. The van der Waals surface area contributed by atoms with Crippen molar-refractivity contribution in [3.8, 4) is 0 Å². The fourth-order valence-electron chi connectivity index (χ4n) is 3.14. The van der Waals surface area contributed by atoms with E-state index in [1.54, 1.807) is 0 Å². The molecule has 1 aliphatic heterocycles. The number of carbonyl (C=O) groups excluding carboxylic acids is 1. The molecule has 1 N–H and O–H groups in total. The minimum Gasteiger partial charge on any atom is -0.353 e. The van der Waals surface area contributed by atoms with Crippen LogP contribution in [0.25, 0.3) is 0 Å². The van der Waals surface area contributed by atoms with E-state index in [1.807, 2.05) is 19.3 Å². The van der Waals surface area contributed by atoms with E-state index in [1.165, 1.54) is 11.8 Å². The topological polar surface area (TPSA) is 37.3 Å². The first kappa shape index (κ1) is 15.7. The van der Waals surface area contributed by atoms with Crippen LogP contribution in [-0.2, 0) is 11.8 Å². The number of rotatable bonds is 4. The van der Waals surface area contributed by atoms with Gasteiger partial charge < -0.3 is 9.88 Å². The quantitative estimate of drug-likeness (QED) is 0.940. The summed E-state index contributed by atoms with van der Waals surface area (Å²) < 4.78 is 28.6. The molecule has 122 valence electrons. The predicted octanol–water partition coefficient (Wildman–Crippen LogP) is 3.08. The summed E-state index contributed by atoms with van der Waals surface area (Å²) in [7, 11) is 1.99. The lowest BCUT2D eigenvalue weighted by Crippen LogP contribution is -2.33. The summed E-state index contributed by atoms with van der Waals surface area (Å²) in [5, 5.41) is 2.52. The van der Waals surface area contributed by atoms with Gasteiger partial charge in [0.05, 0.1) is 18.3 Å². The van der Waals surface area contributed by atoms with E-state index >= 15 is 0 Å². The zero-order valence-electron chi connectivity index (χ0n) is 12.9. The van der Waals surface area contributed by atoms with E-state index in [0.29, 0.717) is 0 Å². The molecule has 3 rings (SSSR count). The van der Waals surface area contributed by atoms with Gasteiger partial charge in [0.1, 0.15) is 11.6 Å². The number of benzene rings is 1. The van der Waals surface area contributed by atoms with Crippen molar-refractivity contribution in [2.24, 2.45) is 7.05 Å². The van der Waals surface area contributed by atoms with Crippen molar-refractivity contribution in [2.75, 3.05) is 18.4 Å². The van der Waals surface area contributed by atoms with Gasteiger partial charge in [0, 0.05) is 25.0 Å². The van der Waals surface area contributed by atoms with Gasteiger partial charge in [-0.2, -0.15) is 0 Å². The van der Waals surface area contributed by atoms with Crippen LogP contribution in [-0.4, -0.2) is 28.5 Å². The maximum absolute atomic E-state index is 13.6. The van der Waals surface area contributed by atoms with Crippen molar-refractivity contribution in [1.29, 1.82) is 0 Å². The lowest BCUT2D eigenvalue weighted by molar-refractivity contribution is -0.117. The van der Waals surface area contributed by atoms with E-state index in [4.69, 9.17) is 0 Å². The highest BCUT2D eigenvalue weighted by atomic mass is 19.1. The number of nitrogens with zero attached hydrogens (tertiary/aromatic N) is 2. The van der Waals surface area contributed by atoms with E-state index in [2.05, 4.69) is 20.9 Å². The smallest absolute Gasteiger partial charge is 0.238 e. The molecule has 2 heterocycles. The van der Waals surface area contributed by atoms with E-state index < -0.39 is 11.6 Å². The molecule has 23 heavy (non-hydrogen) atoms. The van der Waals surface area contributed by atoms with Crippen molar-refractivity contribution in [3.05, 3.63) is 53.9 Å². The first-order valence-electron chi connectivity index (χ1n) is 7.65. The number of carbonyl (C=O) groups is 1. The van der Waals surface area contributed by atoms with E-state index in [9.17, 15) is 13.6 Å². The van der Waals surface area contributed by atoms with Gasteiger partial charge in [-0.05, 0) is 43.7 Å². The monoisotopic (exact) mass is 319 g/mol. The van der Waals surface area contributed by atoms with Crippen molar-refractivity contribution in [1.82, 2.24) is 9.47 Å². The zero-order chi connectivity index (χ0) is 16.4. The van der Waals surface area contributed by atoms with Crippen LogP contribution in [0.4, 0.5) is 14.5 Å². The second-order valence-corrected chi connectivity index (χ2v) is 5.84. The van der Waals surface area contributed by atoms with Crippen molar-refractivity contribution < 1.29 is 13.6 Å². The predicted molar refractivity (Wildman–Crippen MR) is 83.9 cm³/mol. The summed E-state index contributed by atoms with van der Waals surface area (Å²) in [4.78, 5) is 14.3. The minimum absolute atomic E-state index is 0.00557. The average molecular weight is 319 g/mol. The van der Waals surface area contributed by atoms with Crippen LogP contribution in [0.5, 0.6) is 0 Å². The van der Waals surface area contributed by atoms with Crippen LogP contribution >= 0.6 is 0 Å². The maximum Gasteiger partial charge on any atom is 0.238 e. The van der Waals surface area contributed by atoms with Crippen LogP contribution in [0.2, 0.25) is 0 Å². The standard InChI is InChI=1S/C17H19F2N3O/c1-21-8-2-4-15(21)16-5-3-9-22(16)11-17(23)20-14-7-6-12(18)10-13(14)19/h2,4,6-8,10,16H,3,5,9,11H2,1H3,(H,20,23)/t16-/m1/s1. The Labute approximate surface area is 133 Å². The number of anilines is 1. The summed E-state index contributed by atoms with van der Waals surface area (Å²) >= 11 is 0. The molecule has 6 heteroatoms. The molecule has 1 fully saturated rings. The van der Waals surface area contributed by atoms with Crippen molar-refractivity contribution >= 4 is 11.6 Å². The number of halogens is 2. The van der Waals surface area contributed by atoms with E-state index in [-0.39, 0.29) is 24.2 Å². The third-order valence-electron chi connectivity index (χ3n) is 4.24. The van der Waals surface area contributed by atoms with Gasteiger partial charge in [0.25, 0.3) is 0 Å². The number of hydrogen-bond donors (Lipinski definition) is 1. The molecule has 0 aliphatic carbocycles. The first-order valence-corrected chi connectivity index (χ1v) is 7.65. The van der Waals surface area contributed by atoms with Crippen LogP contribution in [0.15, 0.2) is 36.5 Å². The molecule has 2 aromatic rings. The van der Waals surface area contributed by atoms with Crippen molar-refractivity contribution in [2.45, 2.75) is 18.9 Å². The van der Waals surface area contributed by atoms with Crippen molar-refractivity contribution in [3.63, 3.8) is 0 Å². The molecule has 1 aromatic heterocycles. The second-order valence-electron chi connectivity index (χ2n) is 5.84. The van der Waals surface area contributed by atoms with Gasteiger partial charge in [-0.3, -0.25) is 9.69 Å². The number of amides is 1. The molecular formula is C17H19F2N3O. The SMILES string of the molecule is Cn1cccc1[C@H]1CCCN1CC(=O)Nc1ccc(F)cc1F. The molecule has 0 unspecified atom stereocenters. The Kier molecular flexibility index (Phi) is 4.43. The normalized spacial score (nSPS) is 18.3. The molecule has 0 bridgehead atoms. The van der Waals surface area contributed by atoms with Crippen LogP contribution < -0.4 is 5.32 Å². The lowest BCUT2D eigenvalue weighted by atomic mass is 10.1.